The molecule has 0 aromatic heterocycles. The summed E-state index contributed by atoms with van der Waals surface area (Å²) < 4.78 is 28.4. The molecule has 45 heavy (non-hydrogen) atoms. The Morgan fingerprint density at radius 1 is 0.889 bits per heavy atom. The zero-order valence-electron chi connectivity index (χ0n) is 27.4. The number of benzene rings is 1. The van der Waals surface area contributed by atoms with Gasteiger partial charge in [0, 0.05) is 38.0 Å². The van der Waals surface area contributed by atoms with Crippen LogP contribution in [-0.2, 0) is 33.3 Å². The highest BCUT2D eigenvalue weighted by molar-refractivity contribution is 6.06. The minimum atomic E-state index is -0.0186. The van der Waals surface area contributed by atoms with E-state index in [0.717, 1.165) is 43.5 Å². The molecule has 2 amide bonds. The number of fused-ring (bicyclic) bond motifs is 2. The first-order chi connectivity index (χ1) is 21.7. The summed E-state index contributed by atoms with van der Waals surface area (Å²) >= 11 is 0. The van der Waals surface area contributed by atoms with Crippen molar-refractivity contribution in [3.05, 3.63) is 41.0 Å². The Morgan fingerprint density at radius 3 is 2.13 bits per heavy atom. The molecule has 10 nitrogen and oxygen atoms in total. The van der Waals surface area contributed by atoms with E-state index in [1.165, 1.54) is 11.1 Å². The highest BCUT2D eigenvalue weighted by Crippen LogP contribution is 2.40. The molecule has 1 N–H and O–H groups in total. The summed E-state index contributed by atoms with van der Waals surface area (Å²) in [5, 5.41) is 2.85. The molecule has 1 aromatic carbocycles. The largest absolute Gasteiger partial charge is 0.379 e. The summed E-state index contributed by atoms with van der Waals surface area (Å²) in [4.78, 5) is 39.1. The van der Waals surface area contributed by atoms with Crippen LogP contribution < -0.4 is 5.32 Å². The molecule has 250 valence electrons. The first-order valence-electron chi connectivity index (χ1n) is 16.5. The molecule has 2 heterocycles. The number of amides is 2. The molecule has 0 bridgehead atoms. The topological polar surface area (TPSA) is 113 Å². The Bertz CT molecular complexity index is 1150. The molecule has 0 saturated carbocycles. The van der Waals surface area contributed by atoms with Crippen LogP contribution in [0.2, 0.25) is 0 Å². The second-order valence-electron chi connectivity index (χ2n) is 13.3. The van der Waals surface area contributed by atoms with E-state index in [-0.39, 0.29) is 29.1 Å². The van der Waals surface area contributed by atoms with Crippen LogP contribution in [0.3, 0.4) is 0 Å². The van der Waals surface area contributed by atoms with Gasteiger partial charge in [-0.15, -0.1) is 0 Å². The van der Waals surface area contributed by atoms with E-state index >= 15 is 0 Å². The molecule has 1 unspecified atom stereocenters. The van der Waals surface area contributed by atoms with Crippen molar-refractivity contribution in [3.63, 3.8) is 0 Å². The Hall–Kier alpha value is -2.63. The smallest absolute Gasteiger partial charge is 0.224 e. The number of rotatable bonds is 17. The maximum absolute atomic E-state index is 12.7. The Morgan fingerprint density at radius 2 is 1.49 bits per heavy atom. The van der Waals surface area contributed by atoms with E-state index in [4.69, 9.17) is 23.7 Å². The van der Waals surface area contributed by atoms with Gasteiger partial charge in [-0.2, -0.15) is 0 Å². The molecule has 2 aliphatic heterocycles. The molecule has 0 spiro atoms. The van der Waals surface area contributed by atoms with Gasteiger partial charge in [-0.05, 0) is 41.7 Å². The summed E-state index contributed by atoms with van der Waals surface area (Å²) in [5.41, 5.74) is 4.26. The van der Waals surface area contributed by atoms with Crippen molar-refractivity contribution in [2.24, 2.45) is 11.3 Å². The predicted molar refractivity (Wildman–Crippen MR) is 171 cm³/mol. The Labute approximate surface area is 268 Å². The van der Waals surface area contributed by atoms with Gasteiger partial charge < -0.3 is 33.9 Å². The lowest BCUT2D eigenvalue weighted by atomic mass is 9.78. The van der Waals surface area contributed by atoms with E-state index in [1.54, 1.807) is 0 Å². The molecule has 3 aliphatic rings. The van der Waals surface area contributed by atoms with E-state index in [0.29, 0.717) is 91.2 Å². The first kappa shape index (κ1) is 35.2. The minimum absolute atomic E-state index is 0.0186. The SMILES string of the molecule is CC(C)(C)CC(=O)NCCOCCOCCOCCOCCC(=O)N1CCC(C2CC3=C(CO2)c2ccccc2C(=O)C3)CC1. The quantitative estimate of drug-likeness (QED) is 0.257. The van der Waals surface area contributed by atoms with Crippen LogP contribution in [0.25, 0.3) is 5.57 Å². The summed E-state index contributed by atoms with van der Waals surface area (Å²) in [6.07, 6.45) is 4.13. The molecule has 1 saturated heterocycles. The molecule has 1 aromatic rings. The molecule has 1 fully saturated rings. The average Bonchev–Trinajstić information content (AvgIpc) is 3.02. The zero-order valence-corrected chi connectivity index (χ0v) is 27.4. The maximum Gasteiger partial charge on any atom is 0.224 e. The van der Waals surface area contributed by atoms with E-state index in [9.17, 15) is 14.4 Å². The van der Waals surface area contributed by atoms with Crippen molar-refractivity contribution in [3.8, 4) is 0 Å². The number of ketones is 1. The van der Waals surface area contributed by atoms with Crippen molar-refractivity contribution in [2.75, 3.05) is 79.1 Å². The van der Waals surface area contributed by atoms with Gasteiger partial charge in [-0.3, -0.25) is 14.4 Å². The van der Waals surface area contributed by atoms with E-state index in [1.807, 2.05) is 49.9 Å². The fourth-order valence-corrected chi connectivity index (χ4v) is 6.15. The average molecular weight is 629 g/mol. The van der Waals surface area contributed by atoms with Crippen LogP contribution in [0.5, 0.6) is 0 Å². The lowest BCUT2D eigenvalue weighted by Gasteiger charge is -2.39. The number of nitrogens with one attached hydrogen (secondary N) is 1. The van der Waals surface area contributed by atoms with Crippen LogP contribution in [0, 0.1) is 11.3 Å². The van der Waals surface area contributed by atoms with Crippen molar-refractivity contribution < 1.29 is 38.1 Å². The summed E-state index contributed by atoms with van der Waals surface area (Å²) in [6, 6.07) is 7.85. The van der Waals surface area contributed by atoms with Gasteiger partial charge in [0.1, 0.15) is 0 Å². The van der Waals surface area contributed by atoms with Gasteiger partial charge in [0.25, 0.3) is 0 Å². The molecule has 4 rings (SSSR count). The zero-order chi connectivity index (χ0) is 32.1. The van der Waals surface area contributed by atoms with Gasteiger partial charge in [-0.1, -0.05) is 50.6 Å². The molecule has 1 aliphatic carbocycles. The third-order valence-corrected chi connectivity index (χ3v) is 8.50. The standard InChI is InChI=1S/C35H52N2O8/c1-35(2,3)24-33(39)36-11-15-42-17-19-44-21-20-43-18-16-41-14-10-34(40)37-12-8-26(9-13-37)32-23-27-22-31(38)29-7-5-4-6-28(29)30(27)25-45-32/h4-7,26,32H,8-25H2,1-3H3,(H,36,39). The van der Waals surface area contributed by atoms with E-state index in [2.05, 4.69) is 5.32 Å². The second kappa shape index (κ2) is 17.9. The summed E-state index contributed by atoms with van der Waals surface area (Å²) in [5.74, 6) is 0.776. The number of hydrogen-bond acceptors (Lipinski definition) is 8. The van der Waals surface area contributed by atoms with Gasteiger partial charge in [0.2, 0.25) is 11.8 Å². The number of likely N-dealkylation sites (tertiary alicyclic amines) is 1. The maximum atomic E-state index is 12.7. The molecule has 1 atom stereocenters. The number of hydrogen-bond donors (Lipinski definition) is 1. The highest BCUT2D eigenvalue weighted by atomic mass is 16.6. The number of carbonyl (C=O) groups is 3. The molecule has 10 heteroatoms. The highest BCUT2D eigenvalue weighted by Gasteiger charge is 2.35. The minimum Gasteiger partial charge on any atom is -0.379 e. The fourth-order valence-electron chi connectivity index (χ4n) is 6.15. The van der Waals surface area contributed by atoms with Crippen LogP contribution in [0.15, 0.2) is 29.8 Å². The number of ether oxygens (including phenoxy) is 5. The van der Waals surface area contributed by atoms with Crippen LogP contribution >= 0.6 is 0 Å². The van der Waals surface area contributed by atoms with Gasteiger partial charge >= 0.3 is 0 Å². The van der Waals surface area contributed by atoms with Crippen LogP contribution in [0.4, 0.5) is 0 Å². The molecular weight excluding hydrogens is 576 g/mol. The Kier molecular flexibility index (Phi) is 14.0. The van der Waals surface area contributed by atoms with Gasteiger partial charge in [0.15, 0.2) is 5.78 Å². The third-order valence-electron chi connectivity index (χ3n) is 8.50. The lowest BCUT2D eigenvalue weighted by Crippen LogP contribution is -2.43. The molecular formula is C35H52N2O8. The molecule has 0 radical (unpaired) electrons. The van der Waals surface area contributed by atoms with Crippen molar-refractivity contribution in [1.82, 2.24) is 10.2 Å². The normalized spacial score (nSPS) is 19.0. The summed E-state index contributed by atoms with van der Waals surface area (Å²) in [6.45, 7) is 12.2. The van der Waals surface area contributed by atoms with Gasteiger partial charge in [0.05, 0.1) is 72.0 Å². The lowest BCUT2D eigenvalue weighted by molar-refractivity contribution is -0.134. The monoisotopic (exact) mass is 628 g/mol. The van der Waals surface area contributed by atoms with Crippen LogP contribution in [0.1, 0.15) is 75.2 Å². The first-order valence-corrected chi connectivity index (χ1v) is 16.5. The van der Waals surface area contributed by atoms with Crippen molar-refractivity contribution in [2.45, 2.75) is 65.4 Å². The fraction of sp³-hybridized carbons (Fsp3) is 0.686. The van der Waals surface area contributed by atoms with Crippen molar-refractivity contribution >= 4 is 23.2 Å². The number of piperidine rings is 1. The summed E-state index contributed by atoms with van der Waals surface area (Å²) in [7, 11) is 0. The predicted octanol–water partition coefficient (Wildman–Crippen LogP) is 4.06. The van der Waals surface area contributed by atoms with Crippen LogP contribution in [-0.4, -0.2) is 108 Å². The number of carbonyl (C=O) groups excluding carboxylic acids is 3. The Balaban J connectivity index is 0.961. The third kappa shape index (κ3) is 11.6. The number of nitrogens with zero attached hydrogens (tertiary/aromatic N) is 1. The van der Waals surface area contributed by atoms with E-state index < -0.39 is 0 Å². The van der Waals surface area contributed by atoms with Gasteiger partial charge in [-0.25, -0.2) is 0 Å². The number of Topliss-reactive ketones (excluding diaryl/α,β-unsaturated/α-hetero) is 1. The second-order valence-corrected chi connectivity index (χ2v) is 13.3. The van der Waals surface area contributed by atoms with Crippen molar-refractivity contribution in [1.29, 1.82) is 0 Å².